The minimum atomic E-state index is 0.524. The third-order valence-electron chi connectivity index (χ3n) is 4.46. The molecule has 144 valence electrons. The highest BCUT2D eigenvalue weighted by atomic mass is 35.5. The maximum atomic E-state index is 6.29. The number of imidazole rings is 1. The summed E-state index contributed by atoms with van der Waals surface area (Å²) in [6.07, 6.45) is 8.01. The molecule has 0 bridgehead atoms. The molecule has 0 aliphatic carbocycles. The molecule has 6 nitrogen and oxygen atoms in total. The molecule has 1 saturated heterocycles. The summed E-state index contributed by atoms with van der Waals surface area (Å²) in [5.41, 5.74) is 2.81. The number of methoxy groups -OCH3 is 2. The summed E-state index contributed by atoms with van der Waals surface area (Å²) in [6.45, 7) is 5.95. The molecule has 1 fully saturated rings. The van der Waals surface area contributed by atoms with Crippen LogP contribution in [-0.4, -0.2) is 55.3 Å². The predicted octanol–water partition coefficient (Wildman–Crippen LogP) is 3.57. The molecule has 1 aliphatic rings. The Labute approximate surface area is 164 Å². The Balaban J connectivity index is 1.93. The first-order chi connectivity index (χ1) is 13.2. The van der Waals surface area contributed by atoms with E-state index in [1.165, 1.54) is 0 Å². The van der Waals surface area contributed by atoms with Crippen molar-refractivity contribution in [1.82, 2.24) is 20.2 Å². The zero-order valence-corrected chi connectivity index (χ0v) is 16.6. The first-order valence-corrected chi connectivity index (χ1v) is 9.31. The van der Waals surface area contributed by atoms with Gasteiger partial charge >= 0.3 is 0 Å². The topological polar surface area (TPSA) is 62.4 Å². The van der Waals surface area contributed by atoms with Crippen LogP contribution in [0.15, 0.2) is 36.2 Å². The fourth-order valence-electron chi connectivity index (χ4n) is 3.10. The van der Waals surface area contributed by atoms with E-state index in [2.05, 4.69) is 32.3 Å². The lowest BCUT2D eigenvalue weighted by molar-refractivity contribution is 0.309. The van der Waals surface area contributed by atoms with Gasteiger partial charge in [-0.25, -0.2) is 4.98 Å². The van der Waals surface area contributed by atoms with Gasteiger partial charge in [-0.3, -0.25) is 0 Å². The van der Waals surface area contributed by atoms with Crippen LogP contribution in [0, 0.1) is 0 Å². The number of rotatable bonds is 6. The van der Waals surface area contributed by atoms with Gasteiger partial charge in [-0.2, -0.15) is 0 Å². The third kappa shape index (κ3) is 4.46. The number of H-pyrrole nitrogens is 1. The van der Waals surface area contributed by atoms with Crippen LogP contribution in [0.5, 0.6) is 11.5 Å². The summed E-state index contributed by atoms with van der Waals surface area (Å²) in [5.74, 6) is 2.03. The minimum absolute atomic E-state index is 0.524. The summed E-state index contributed by atoms with van der Waals surface area (Å²) in [4.78, 5) is 10.2. The van der Waals surface area contributed by atoms with E-state index in [4.69, 9.17) is 21.1 Å². The number of allylic oxidation sites excluding steroid dienone is 2. The van der Waals surface area contributed by atoms with Gasteiger partial charge in [0.15, 0.2) is 0 Å². The van der Waals surface area contributed by atoms with Crippen molar-refractivity contribution in [3.8, 4) is 22.8 Å². The first kappa shape index (κ1) is 19.3. The molecule has 0 spiro atoms. The second-order valence-electron chi connectivity index (χ2n) is 6.18. The Kier molecular flexibility index (Phi) is 6.42. The molecular weight excluding hydrogens is 364 g/mol. The third-order valence-corrected chi connectivity index (χ3v) is 4.76. The number of aromatic nitrogens is 2. The number of hydrogen-bond acceptors (Lipinski definition) is 5. The Morgan fingerprint density at radius 2 is 1.93 bits per heavy atom. The van der Waals surface area contributed by atoms with Crippen molar-refractivity contribution in [2.24, 2.45) is 0 Å². The monoisotopic (exact) mass is 388 g/mol. The predicted molar refractivity (Wildman–Crippen MR) is 109 cm³/mol. The van der Waals surface area contributed by atoms with Crippen molar-refractivity contribution >= 4 is 17.7 Å². The minimum Gasteiger partial charge on any atom is -0.496 e. The van der Waals surface area contributed by atoms with Crippen LogP contribution in [0.3, 0.4) is 0 Å². The van der Waals surface area contributed by atoms with Crippen LogP contribution in [0.2, 0.25) is 5.02 Å². The van der Waals surface area contributed by atoms with Crippen molar-refractivity contribution in [2.75, 3.05) is 40.4 Å². The van der Waals surface area contributed by atoms with E-state index >= 15 is 0 Å². The van der Waals surface area contributed by atoms with Crippen LogP contribution >= 0.6 is 11.6 Å². The van der Waals surface area contributed by atoms with Crippen LogP contribution in [0.25, 0.3) is 17.3 Å². The first-order valence-electron chi connectivity index (χ1n) is 8.93. The van der Waals surface area contributed by atoms with Crippen molar-refractivity contribution in [3.63, 3.8) is 0 Å². The lowest BCUT2D eigenvalue weighted by Gasteiger charge is -2.30. The number of ether oxygens (including phenoxy) is 2. The molecule has 1 aromatic heterocycles. The zero-order chi connectivity index (χ0) is 19.2. The molecule has 7 heteroatoms. The molecule has 27 heavy (non-hydrogen) atoms. The van der Waals surface area contributed by atoms with E-state index in [1.54, 1.807) is 26.5 Å². The van der Waals surface area contributed by atoms with Gasteiger partial charge in [0.05, 0.1) is 31.1 Å². The fourth-order valence-corrected chi connectivity index (χ4v) is 3.34. The molecule has 2 N–H and O–H groups in total. The molecule has 0 radical (unpaired) electrons. The number of hydrogen-bond donors (Lipinski definition) is 2. The van der Waals surface area contributed by atoms with E-state index in [1.807, 2.05) is 19.1 Å². The van der Waals surface area contributed by atoms with Crippen molar-refractivity contribution < 1.29 is 9.47 Å². The van der Waals surface area contributed by atoms with Gasteiger partial charge in [0.25, 0.3) is 0 Å². The number of piperazine rings is 1. The maximum Gasteiger partial charge on any atom is 0.141 e. The van der Waals surface area contributed by atoms with Gasteiger partial charge in [0.2, 0.25) is 0 Å². The van der Waals surface area contributed by atoms with Crippen molar-refractivity contribution in [3.05, 3.63) is 47.0 Å². The lowest BCUT2D eigenvalue weighted by atomic mass is 10.1. The molecule has 3 rings (SSSR count). The van der Waals surface area contributed by atoms with Crippen molar-refractivity contribution in [1.29, 1.82) is 0 Å². The molecule has 2 heterocycles. The van der Waals surface area contributed by atoms with E-state index in [0.717, 1.165) is 49.0 Å². The largest absolute Gasteiger partial charge is 0.496 e. The van der Waals surface area contributed by atoms with E-state index in [-0.39, 0.29) is 0 Å². The zero-order valence-electron chi connectivity index (χ0n) is 15.9. The molecule has 0 atom stereocenters. The fraction of sp³-hybridized carbons (Fsp3) is 0.350. The number of benzene rings is 1. The Hall–Kier alpha value is -2.44. The molecule has 0 unspecified atom stereocenters. The molecule has 0 amide bonds. The summed E-state index contributed by atoms with van der Waals surface area (Å²) >= 11 is 6.29. The van der Waals surface area contributed by atoms with Crippen LogP contribution in [0.4, 0.5) is 0 Å². The second-order valence-corrected chi connectivity index (χ2v) is 6.58. The standard InChI is InChI=1S/C20H25ClN4O2/c1-4-5-14(25-8-6-22-7-9-25)10-20-23-13-17(24-20)15-11-16(21)19(27-3)12-18(15)26-2/h4-5,10-13,22H,6-9H2,1-3H3,(H,23,24)/b5-4-,14-10+. The Morgan fingerprint density at radius 1 is 1.19 bits per heavy atom. The van der Waals surface area contributed by atoms with Gasteiger partial charge in [-0.05, 0) is 19.1 Å². The maximum absolute atomic E-state index is 6.29. The normalized spacial score (nSPS) is 15.4. The quantitative estimate of drug-likeness (QED) is 0.741. The average molecular weight is 389 g/mol. The highest BCUT2D eigenvalue weighted by Crippen LogP contribution is 2.37. The lowest BCUT2D eigenvalue weighted by Crippen LogP contribution is -2.42. The van der Waals surface area contributed by atoms with Gasteiger partial charge in [-0.15, -0.1) is 0 Å². The Morgan fingerprint density at radius 3 is 2.59 bits per heavy atom. The number of nitrogens with zero attached hydrogens (tertiary/aromatic N) is 2. The van der Waals surface area contributed by atoms with Crippen molar-refractivity contribution in [2.45, 2.75) is 6.92 Å². The second kappa shape index (κ2) is 8.97. The molecule has 1 aliphatic heterocycles. The highest BCUT2D eigenvalue weighted by Gasteiger charge is 2.15. The van der Waals surface area contributed by atoms with Crippen LogP contribution in [0.1, 0.15) is 12.7 Å². The smallest absolute Gasteiger partial charge is 0.141 e. The summed E-state index contributed by atoms with van der Waals surface area (Å²) in [6, 6.07) is 3.60. The summed E-state index contributed by atoms with van der Waals surface area (Å²) < 4.78 is 10.8. The molecule has 1 aromatic carbocycles. The van der Waals surface area contributed by atoms with Gasteiger partial charge in [-0.1, -0.05) is 17.7 Å². The SMILES string of the molecule is C/C=C\C(=C/c1ncc(-c2cc(Cl)c(OC)cc2OC)[nH]1)N1CCNCC1. The van der Waals surface area contributed by atoms with Gasteiger partial charge in [0, 0.05) is 49.6 Å². The van der Waals surface area contributed by atoms with Crippen LogP contribution < -0.4 is 14.8 Å². The number of nitrogens with one attached hydrogen (secondary N) is 2. The van der Waals surface area contributed by atoms with E-state index in [0.29, 0.717) is 16.5 Å². The number of aromatic amines is 1. The number of halogens is 1. The summed E-state index contributed by atoms with van der Waals surface area (Å²) in [7, 11) is 3.20. The molecule has 0 saturated carbocycles. The average Bonchev–Trinajstić information content (AvgIpc) is 3.16. The van der Waals surface area contributed by atoms with Gasteiger partial charge < -0.3 is 24.7 Å². The Bertz CT molecular complexity index is 839. The van der Waals surface area contributed by atoms with Gasteiger partial charge in [0.1, 0.15) is 17.3 Å². The highest BCUT2D eigenvalue weighted by molar-refractivity contribution is 6.32. The molecule has 2 aromatic rings. The van der Waals surface area contributed by atoms with E-state index < -0.39 is 0 Å². The molecular formula is C20H25ClN4O2. The summed E-state index contributed by atoms with van der Waals surface area (Å²) in [5, 5.41) is 3.90. The van der Waals surface area contributed by atoms with Crippen LogP contribution in [-0.2, 0) is 0 Å². The van der Waals surface area contributed by atoms with E-state index in [9.17, 15) is 0 Å².